The molecule has 1 aliphatic rings. The van der Waals surface area contributed by atoms with Crippen LogP contribution in [0.5, 0.6) is 0 Å². The Morgan fingerprint density at radius 1 is 1.00 bits per heavy atom. The molecule has 0 N–H and O–H groups in total. The molecular weight excluding hydrogens is 310 g/mol. The van der Waals surface area contributed by atoms with Gasteiger partial charge in [0.25, 0.3) is 0 Å². The van der Waals surface area contributed by atoms with Gasteiger partial charge in [0, 0.05) is 56.4 Å². The summed E-state index contributed by atoms with van der Waals surface area (Å²) in [7, 11) is 0. The molecule has 1 aromatic carbocycles. The molecule has 0 amide bonds. The topological polar surface area (TPSA) is 37.2 Å². The van der Waals surface area contributed by atoms with Crippen molar-refractivity contribution in [3.05, 3.63) is 54.4 Å². The van der Waals surface area contributed by atoms with Gasteiger partial charge in [0.1, 0.15) is 5.82 Å². The van der Waals surface area contributed by atoms with Crippen molar-refractivity contribution in [2.75, 3.05) is 31.1 Å². The van der Waals surface area contributed by atoms with Crippen LogP contribution >= 0.6 is 0 Å². The van der Waals surface area contributed by atoms with Gasteiger partial charge in [-0.15, -0.1) is 0 Å². The van der Waals surface area contributed by atoms with Crippen LogP contribution in [0.15, 0.2) is 48.8 Å². The van der Waals surface area contributed by atoms with Crippen LogP contribution in [0, 0.1) is 0 Å². The van der Waals surface area contributed by atoms with E-state index in [1.165, 1.54) is 10.9 Å². The smallest absolute Gasteiger partial charge is 0.129 e. The van der Waals surface area contributed by atoms with Crippen molar-refractivity contribution in [3.63, 3.8) is 0 Å². The Kier molecular flexibility index (Phi) is 4.65. The zero-order valence-corrected chi connectivity index (χ0v) is 14.8. The van der Waals surface area contributed by atoms with Crippen molar-refractivity contribution in [2.45, 2.75) is 26.4 Å². The van der Waals surface area contributed by atoms with E-state index in [0.29, 0.717) is 0 Å². The molecule has 1 saturated heterocycles. The summed E-state index contributed by atoms with van der Waals surface area (Å²) in [6.45, 7) is 8.31. The lowest BCUT2D eigenvalue weighted by Gasteiger charge is -2.22. The lowest BCUT2D eigenvalue weighted by Crippen LogP contribution is -2.30. The van der Waals surface area contributed by atoms with Gasteiger partial charge >= 0.3 is 0 Å². The van der Waals surface area contributed by atoms with Gasteiger partial charge in [-0.05, 0) is 31.5 Å². The summed E-state index contributed by atoms with van der Waals surface area (Å²) < 4.78 is 2.00. The molecule has 5 heteroatoms. The van der Waals surface area contributed by atoms with E-state index in [4.69, 9.17) is 4.98 Å². The van der Waals surface area contributed by atoms with E-state index in [1.807, 2.05) is 10.9 Å². The van der Waals surface area contributed by atoms with Crippen molar-refractivity contribution in [1.29, 1.82) is 0 Å². The molecule has 0 radical (unpaired) electrons. The van der Waals surface area contributed by atoms with Crippen molar-refractivity contribution in [1.82, 2.24) is 19.7 Å². The summed E-state index contributed by atoms with van der Waals surface area (Å²) in [4.78, 5) is 9.80. The van der Waals surface area contributed by atoms with Crippen LogP contribution in [-0.2, 0) is 13.1 Å². The third-order valence-electron chi connectivity index (χ3n) is 4.91. The van der Waals surface area contributed by atoms with Crippen LogP contribution in [0.3, 0.4) is 0 Å². The number of rotatable bonds is 4. The first-order valence-electron chi connectivity index (χ1n) is 9.16. The van der Waals surface area contributed by atoms with Crippen LogP contribution in [0.25, 0.3) is 10.9 Å². The van der Waals surface area contributed by atoms with Gasteiger partial charge in [-0.3, -0.25) is 9.58 Å². The minimum Gasteiger partial charge on any atom is -0.355 e. The van der Waals surface area contributed by atoms with Gasteiger partial charge in [0.15, 0.2) is 0 Å². The van der Waals surface area contributed by atoms with E-state index in [1.54, 1.807) is 0 Å². The highest BCUT2D eigenvalue weighted by atomic mass is 15.3. The SMILES string of the molecule is CCn1cc(CN2CCCN(c3ccc4ccccc4n3)CC2)cn1. The summed E-state index contributed by atoms with van der Waals surface area (Å²) in [5, 5.41) is 5.59. The Bertz CT molecular complexity index is 841. The molecule has 3 aromatic rings. The number of para-hydroxylation sites is 1. The maximum atomic E-state index is 4.86. The molecule has 130 valence electrons. The second kappa shape index (κ2) is 7.23. The lowest BCUT2D eigenvalue weighted by molar-refractivity contribution is 0.285. The van der Waals surface area contributed by atoms with Gasteiger partial charge < -0.3 is 4.90 Å². The summed E-state index contributed by atoms with van der Waals surface area (Å²) in [5.74, 6) is 1.10. The Morgan fingerprint density at radius 2 is 1.92 bits per heavy atom. The van der Waals surface area contributed by atoms with E-state index in [2.05, 4.69) is 64.4 Å². The Labute approximate surface area is 148 Å². The third-order valence-corrected chi connectivity index (χ3v) is 4.91. The Balaban J connectivity index is 1.43. The molecule has 4 rings (SSSR count). The number of fused-ring (bicyclic) bond motifs is 1. The maximum absolute atomic E-state index is 4.86. The zero-order valence-electron chi connectivity index (χ0n) is 14.8. The van der Waals surface area contributed by atoms with E-state index >= 15 is 0 Å². The predicted octanol–water partition coefficient (Wildman–Crippen LogP) is 3.16. The van der Waals surface area contributed by atoms with Crippen LogP contribution in [0.1, 0.15) is 18.9 Å². The largest absolute Gasteiger partial charge is 0.355 e. The molecule has 3 heterocycles. The normalized spacial score (nSPS) is 16.3. The highest BCUT2D eigenvalue weighted by Gasteiger charge is 2.17. The van der Waals surface area contributed by atoms with Crippen LogP contribution in [-0.4, -0.2) is 45.8 Å². The summed E-state index contributed by atoms with van der Waals surface area (Å²) >= 11 is 0. The second-order valence-corrected chi connectivity index (χ2v) is 6.68. The monoisotopic (exact) mass is 335 g/mol. The van der Waals surface area contributed by atoms with E-state index in [0.717, 1.165) is 57.0 Å². The number of hydrogen-bond acceptors (Lipinski definition) is 4. The molecule has 0 atom stereocenters. The van der Waals surface area contributed by atoms with Gasteiger partial charge in [-0.25, -0.2) is 4.98 Å². The molecule has 2 aromatic heterocycles. The molecule has 0 unspecified atom stereocenters. The standard InChI is InChI=1S/C20H25N5/c1-2-25-16-17(14-21-25)15-23-10-5-11-24(13-12-23)20-9-8-18-6-3-4-7-19(18)22-20/h3-4,6-9,14,16H,2,5,10-13,15H2,1H3. The molecule has 1 fully saturated rings. The molecular formula is C20H25N5. The second-order valence-electron chi connectivity index (χ2n) is 6.68. The maximum Gasteiger partial charge on any atom is 0.129 e. The van der Waals surface area contributed by atoms with E-state index in [-0.39, 0.29) is 0 Å². The van der Waals surface area contributed by atoms with Gasteiger partial charge in [0.2, 0.25) is 0 Å². The van der Waals surface area contributed by atoms with Crippen LogP contribution < -0.4 is 4.90 Å². The number of pyridine rings is 1. The van der Waals surface area contributed by atoms with E-state index in [9.17, 15) is 0 Å². The first-order valence-corrected chi connectivity index (χ1v) is 9.16. The number of aryl methyl sites for hydroxylation is 1. The number of hydrogen-bond donors (Lipinski definition) is 0. The van der Waals surface area contributed by atoms with Crippen LogP contribution in [0.2, 0.25) is 0 Å². The molecule has 0 bridgehead atoms. The van der Waals surface area contributed by atoms with Crippen LogP contribution in [0.4, 0.5) is 5.82 Å². The van der Waals surface area contributed by atoms with Crippen molar-refractivity contribution >= 4 is 16.7 Å². The fourth-order valence-electron chi connectivity index (χ4n) is 3.51. The van der Waals surface area contributed by atoms with Gasteiger partial charge in [-0.1, -0.05) is 18.2 Å². The average Bonchev–Trinajstić information content (AvgIpc) is 2.98. The average molecular weight is 335 g/mol. The molecule has 1 aliphatic heterocycles. The molecule has 0 spiro atoms. The molecule has 5 nitrogen and oxygen atoms in total. The molecule has 25 heavy (non-hydrogen) atoms. The highest BCUT2D eigenvalue weighted by Crippen LogP contribution is 2.19. The first kappa shape index (κ1) is 16.1. The van der Waals surface area contributed by atoms with Crippen molar-refractivity contribution in [3.8, 4) is 0 Å². The third kappa shape index (κ3) is 3.66. The van der Waals surface area contributed by atoms with Crippen molar-refractivity contribution in [2.24, 2.45) is 0 Å². The van der Waals surface area contributed by atoms with Gasteiger partial charge in [0.05, 0.1) is 11.7 Å². The number of benzene rings is 1. The summed E-state index contributed by atoms with van der Waals surface area (Å²) in [6, 6.07) is 12.7. The van der Waals surface area contributed by atoms with E-state index < -0.39 is 0 Å². The number of anilines is 1. The zero-order chi connectivity index (χ0) is 17.1. The van der Waals surface area contributed by atoms with Gasteiger partial charge in [-0.2, -0.15) is 5.10 Å². The quantitative estimate of drug-likeness (QED) is 0.734. The predicted molar refractivity (Wildman–Crippen MR) is 102 cm³/mol. The van der Waals surface area contributed by atoms with Crippen molar-refractivity contribution < 1.29 is 0 Å². The minimum atomic E-state index is 0.932. The number of nitrogens with zero attached hydrogens (tertiary/aromatic N) is 5. The Morgan fingerprint density at radius 3 is 2.80 bits per heavy atom. The first-order chi connectivity index (χ1) is 12.3. The highest BCUT2D eigenvalue weighted by molar-refractivity contribution is 5.80. The fraction of sp³-hybridized carbons (Fsp3) is 0.400. The lowest BCUT2D eigenvalue weighted by atomic mass is 10.2. The summed E-state index contributed by atoms with van der Waals surface area (Å²) in [6.07, 6.45) is 5.32. The molecule has 0 saturated carbocycles. The summed E-state index contributed by atoms with van der Waals surface area (Å²) in [5.41, 5.74) is 2.38. The Hall–Kier alpha value is -2.40. The fourth-order valence-corrected chi connectivity index (χ4v) is 3.51. The number of aromatic nitrogens is 3. The molecule has 0 aliphatic carbocycles. The minimum absolute atomic E-state index is 0.932.